The second-order valence-corrected chi connectivity index (χ2v) is 18.4. The van der Waals surface area contributed by atoms with Gasteiger partial charge in [-0.25, -0.2) is 0 Å². The van der Waals surface area contributed by atoms with Crippen LogP contribution >= 0.6 is 0 Å². The van der Waals surface area contributed by atoms with Crippen LogP contribution in [-0.4, -0.2) is 75.5 Å². The molecule has 0 rings (SSSR count). The summed E-state index contributed by atoms with van der Waals surface area (Å²) in [5.41, 5.74) is 0. The van der Waals surface area contributed by atoms with Gasteiger partial charge in [-0.3, -0.25) is 9.59 Å². The van der Waals surface area contributed by atoms with Crippen LogP contribution in [0.4, 0.5) is 0 Å². The highest BCUT2D eigenvalue weighted by Gasteiger charge is 2.25. The second kappa shape index (κ2) is 42.7. The molecule has 0 aromatic rings. The monoisotopic (exact) mass is 836 g/mol. The molecule has 0 fully saturated rings. The average Bonchev–Trinajstić information content (AvgIpc) is 3.19. The number of hydrogen-bond acceptors (Lipinski definition) is 7. The van der Waals surface area contributed by atoms with Gasteiger partial charge in [-0.05, 0) is 38.5 Å². The van der Waals surface area contributed by atoms with E-state index in [0.717, 1.165) is 51.4 Å². The molecule has 59 heavy (non-hydrogen) atoms. The number of esters is 2. The van der Waals surface area contributed by atoms with Crippen LogP contribution in [0.15, 0.2) is 12.2 Å². The minimum atomic E-state index is -1.12. The van der Waals surface area contributed by atoms with Crippen molar-refractivity contribution in [3.63, 3.8) is 0 Å². The lowest BCUT2D eigenvalue weighted by atomic mass is 10.0. The number of unbranched alkanes of at least 4 members (excludes halogenated alkanes) is 30. The Hall–Kier alpha value is -1.93. The lowest BCUT2D eigenvalue weighted by molar-refractivity contribution is -0.889. The fourth-order valence-corrected chi connectivity index (χ4v) is 7.71. The minimum absolute atomic E-state index is 0.0432. The average molecular weight is 836 g/mol. The number of quaternary nitrogens is 1. The predicted molar refractivity (Wildman–Crippen MR) is 245 cm³/mol. The van der Waals surface area contributed by atoms with Crippen LogP contribution in [0, 0.1) is 0 Å². The van der Waals surface area contributed by atoms with Gasteiger partial charge >= 0.3 is 11.9 Å². The normalized spacial score (nSPS) is 12.9. The molecule has 348 valence electrons. The highest BCUT2D eigenvalue weighted by atomic mass is 16.6. The molecule has 0 aliphatic rings. The van der Waals surface area contributed by atoms with Gasteiger partial charge in [0.2, 0.25) is 0 Å². The van der Waals surface area contributed by atoms with Crippen molar-refractivity contribution in [3.8, 4) is 0 Å². The van der Waals surface area contributed by atoms with E-state index in [9.17, 15) is 19.5 Å². The van der Waals surface area contributed by atoms with E-state index < -0.39 is 18.1 Å². The number of carboxylic acid groups (broad SMARTS) is 1. The summed E-state index contributed by atoms with van der Waals surface area (Å²) in [7, 11) is 5.42. The van der Waals surface area contributed by atoms with E-state index in [1.54, 1.807) is 21.1 Å². The lowest BCUT2D eigenvalue weighted by Gasteiger charge is -2.34. The Balaban J connectivity index is 4.18. The predicted octanol–water partition coefficient (Wildman–Crippen LogP) is 12.9. The molecular formula is C51H97NO7. The molecule has 2 atom stereocenters. The number of ether oxygens (including phenoxy) is 3. The summed E-state index contributed by atoms with van der Waals surface area (Å²) in [6, 6.07) is -0.723. The van der Waals surface area contributed by atoms with Crippen LogP contribution in [0.5, 0.6) is 0 Å². The van der Waals surface area contributed by atoms with Crippen molar-refractivity contribution in [2.24, 2.45) is 0 Å². The molecule has 0 spiro atoms. The number of aliphatic carboxylic acids is 1. The quantitative estimate of drug-likeness (QED) is 0.0260. The molecule has 0 aliphatic carbocycles. The molecule has 0 bridgehead atoms. The van der Waals surface area contributed by atoms with Crippen molar-refractivity contribution >= 4 is 17.9 Å². The first-order valence-electron chi connectivity index (χ1n) is 25.2. The van der Waals surface area contributed by atoms with Crippen molar-refractivity contribution < 1.29 is 38.2 Å². The molecular weight excluding hydrogens is 739 g/mol. The number of likely N-dealkylation sites (N-methyl/N-ethyl adjacent to an activating group) is 1. The summed E-state index contributed by atoms with van der Waals surface area (Å²) < 4.78 is 17.2. The Morgan fingerprint density at radius 2 is 0.847 bits per heavy atom. The van der Waals surface area contributed by atoms with Gasteiger partial charge in [0, 0.05) is 19.3 Å². The molecule has 0 aromatic carbocycles. The van der Waals surface area contributed by atoms with E-state index in [4.69, 9.17) is 14.2 Å². The standard InChI is InChI=1S/C51H97NO7/c1-6-8-10-12-14-16-18-20-22-23-24-25-26-27-28-30-31-33-35-37-39-41-49(53)58-46-47(45-57-44-43-48(51(55)56)52(3,4)5)59-50(54)42-40-38-36-34-32-29-21-19-17-15-13-11-9-7-2/h19,21,47-48H,6-18,20,22-46H2,1-5H3/b21-19-. The number of carboxylic acids is 1. The number of rotatable bonds is 46. The van der Waals surface area contributed by atoms with Crippen molar-refractivity contribution in [2.45, 2.75) is 257 Å². The Bertz CT molecular complexity index is 978. The minimum Gasteiger partial charge on any atom is -0.544 e. The molecule has 0 N–H and O–H groups in total. The number of carbonyl (C=O) groups is 3. The maximum Gasteiger partial charge on any atom is 0.306 e. The summed E-state index contributed by atoms with van der Waals surface area (Å²) in [4.78, 5) is 37.0. The fourth-order valence-electron chi connectivity index (χ4n) is 7.71. The van der Waals surface area contributed by atoms with E-state index >= 15 is 0 Å². The van der Waals surface area contributed by atoms with Crippen molar-refractivity contribution in [1.29, 1.82) is 0 Å². The summed E-state index contributed by atoms with van der Waals surface area (Å²) in [5.74, 6) is -1.73. The molecule has 0 saturated carbocycles. The lowest BCUT2D eigenvalue weighted by Crippen LogP contribution is -2.55. The van der Waals surface area contributed by atoms with Gasteiger partial charge in [0.1, 0.15) is 12.6 Å². The molecule has 0 radical (unpaired) electrons. The number of hydrogen-bond donors (Lipinski definition) is 0. The molecule has 0 saturated heterocycles. The Morgan fingerprint density at radius 3 is 1.22 bits per heavy atom. The van der Waals surface area contributed by atoms with Crippen LogP contribution in [0.25, 0.3) is 0 Å². The first-order chi connectivity index (χ1) is 28.6. The van der Waals surface area contributed by atoms with E-state index in [1.807, 2.05) is 0 Å². The zero-order valence-corrected chi connectivity index (χ0v) is 39.7. The molecule has 8 nitrogen and oxygen atoms in total. The van der Waals surface area contributed by atoms with Crippen LogP contribution in [0.2, 0.25) is 0 Å². The smallest absolute Gasteiger partial charge is 0.306 e. The highest BCUT2D eigenvalue weighted by molar-refractivity contribution is 5.70. The third-order valence-electron chi connectivity index (χ3n) is 11.7. The fraction of sp³-hybridized carbons (Fsp3) is 0.902. The number of allylic oxidation sites excluding steroid dienone is 2. The third kappa shape index (κ3) is 41.2. The van der Waals surface area contributed by atoms with Gasteiger partial charge in [0.05, 0.1) is 40.3 Å². The molecule has 0 aromatic heterocycles. The van der Waals surface area contributed by atoms with Crippen molar-refractivity contribution in [2.75, 3.05) is 41.0 Å². The maximum atomic E-state index is 12.7. The van der Waals surface area contributed by atoms with Crippen molar-refractivity contribution in [1.82, 2.24) is 0 Å². The Morgan fingerprint density at radius 1 is 0.492 bits per heavy atom. The number of carbonyl (C=O) groups excluding carboxylic acids is 3. The van der Waals surface area contributed by atoms with Crippen LogP contribution < -0.4 is 5.11 Å². The number of nitrogens with zero attached hydrogens (tertiary/aromatic N) is 1. The Kier molecular flexibility index (Phi) is 41.3. The zero-order valence-electron chi connectivity index (χ0n) is 39.7. The molecule has 8 heteroatoms. The summed E-state index contributed by atoms with van der Waals surface area (Å²) in [5, 5.41) is 11.6. The highest BCUT2D eigenvalue weighted by Crippen LogP contribution is 2.16. The largest absolute Gasteiger partial charge is 0.544 e. The van der Waals surface area contributed by atoms with Crippen LogP contribution in [-0.2, 0) is 28.6 Å². The van der Waals surface area contributed by atoms with Crippen molar-refractivity contribution in [3.05, 3.63) is 12.2 Å². The second-order valence-electron chi connectivity index (χ2n) is 18.4. The summed E-state index contributed by atoms with van der Waals surface area (Å²) >= 11 is 0. The van der Waals surface area contributed by atoms with Crippen LogP contribution in [0.1, 0.15) is 245 Å². The summed E-state index contributed by atoms with van der Waals surface area (Å²) in [6.07, 6.45) is 46.7. The molecule has 0 aliphatic heterocycles. The van der Waals surface area contributed by atoms with Gasteiger partial charge in [-0.15, -0.1) is 0 Å². The van der Waals surface area contributed by atoms with Gasteiger partial charge < -0.3 is 28.6 Å². The van der Waals surface area contributed by atoms with Gasteiger partial charge in [-0.1, -0.05) is 199 Å². The van der Waals surface area contributed by atoms with E-state index in [2.05, 4.69) is 26.0 Å². The van der Waals surface area contributed by atoms with Gasteiger partial charge in [0.15, 0.2) is 6.10 Å². The first-order valence-corrected chi connectivity index (χ1v) is 25.2. The van der Waals surface area contributed by atoms with E-state index in [1.165, 1.54) is 161 Å². The van der Waals surface area contributed by atoms with E-state index in [-0.39, 0.29) is 42.7 Å². The third-order valence-corrected chi connectivity index (χ3v) is 11.7. The van der Waals surface area contributed by atoms with Gasteiger partial charge in [0.25, 0.3) is 0 Å². The van der Waals surface area contributed by atoms with Crippen LogP contribution in [0.3, 0.4) is 0 Å². The zero-order chi connectivity index (χ0) is 43.5. The first kappa shape index (κ1) is 57.1. The molecule has 2 unspecified atom stereocenters. The SMILES string of the molecule is CCCCCCC/C=C\CCCCCCCC(=O)OC(COCCC(C(=O)[O-])[N+](C)(C)C)COC(=O)CCCCCCCCCCCCCCCCCCCCCCC. The topological polar surface area (TPSA) is 102 Å². The Labute approximate surface area is 365 Å². The molecule has 0 heterocycles. The summed E-state index contributed by atoms with van der Waals surface area (Å²) in [6.45, 7) is 4.69. The molecule has 0 amide bonds. The van der Waals surface area contributed by atoms with Gasteiger partial charge in [-0.2, -0.15) is 0 Å². The maximum absolute atomic E-state index is 12.7. The van der Waals surface area contributed by atoms with E-state index in [0.29, 0.717) is 12.8 Å².